The summed E-state index contributed by atoms with van der Waals surface area (Å²) >= 11 is 17.1. The molecule has 0 unspecified atom stereocenters. The zero-order chi connectivity index (χ0) is 10.7. The van der Waals surface area contributed by atoms with Crippen molar-refractivity contribution in [1.29, 1.82) is 0 Å². The van der Waals surface area contributed by atoms with Crippen molar-refractivity contribution in [3.63, 3.8) is 0 Å². The van der Waals surface area contributed by atoms with Gasteiger partial charge < -0.3 is 0 Å². The van der Waals surface area contributed by atoms with Gasteiger partial charge in [0.15, 0.2) is 0 Å². The van der Waals surface area contributed by atoms with Gasteiger partial charge in [-0.2, -0.15) is 0 Å². The quantitative estimate of drug-likeness (QED) is 0.681. The summed E-state index contributed by atoms with van der Waals surface area (Å²) in [6, 6.07) is 2.81. The molecule has 14 heavy (non-hydrogen) atoms. The van der Waals surface area contributed by atoms with Crippen LogP contribution in [-0.2, 0) is 15.2 Å². The van der Waals surface area contributed by atoms with Crippen LogP contribution in [0.2, 0.25) is 15.1 Å². The van der Waals surface area contributed by atoms with Gasteiger partial charge in [0.2, 0.25) is 0 Å². The van der Waals surface area contributed by atoms with Gasteiger partial charge in [0, 0.05) is 10.6 Å². The smallest absolute Gasteiger partial charge is 0.257 e. The molecule has 1 aromatic carbocycles. The number of benzene rings is 1. The van der Waals surface area contributed by atoms with E-state index in [1.54, 1.807) is 0 Å². The van der Waals surface area contributed by atoms with Crippen LogP contribution < -0.4 is 0 Å². The molecule has 0 spiro atoms. The van der Waals surface area contributed by atoms with Gasteiger partial charge in [-0.15, -0.1) is 0 Å². The number of rotatable bonds is 3. The topological polar surface area (TPSA) is 43.4 Å². The lowest BCUT2D eigenvalue weighted by Crippen LogP contribution is -1.89. The standard InChI is InChI=1S/C7H4Cl3O3S/c8-5-2-7(10)6(9)1-4(5)3-13-14(11)12/h1-3,14H. The lowest BCUT2D eigenvalue weighted by molar-refractivity contribution is 0.429. The Morgan fingerprint density at radius 3 is 2.21 bits per heavy atom. The maximum absolute atomic E-state index is 10.1. The summed E-state index contributed by atoms with van der Waals surface area (Å²) in [4.78, 5) is 0. The number of hydrogen-bond donors (Lipinski definition) is 1. The number of hydrogen-bond acceptors (Lipinski definition) is 3. The molecule has 0 heterocycles. The normalized spacial score (nSPS) is 10.9. The SMILES string of the molecule is O=[SH](=O)O[CH]c1cc(Cl)c(Cl)cc1Cl. The molecule has 0 aromatic heterocycles. The molecule has 77 valence electrons. The van der Waals surface area contributed by atoms with Gasteiger partial charge in [0.05, 0.1) is 10.0 Å². The van der Waals surface area contributed by atoms with E-state index in [0.717, 1.165) is 6.61 Å². The molecule has 3 nitrogen and oxygen atoms in total. The lowest BCUT2D eigenvalue weighted by atomic mass is 10.2. The fourth-order valence-corrected chi connectivity index (χ4v) is 1.53. The summed E-state index contributed by atoms with van der Waals surface area (Å²) in [7, 11) is -2.94. The molecule has 7 heteroatoms. The molecule has 1 radical (unpaired) electrons. The van der Waals surface area contributed by atoms with Gasteiger partial charge in [-0.1, -0.05) is 34.8 Å². The first-order chi connectivity index (χ1) is 6.50. The highest BCUT2D eigenvalue weighted by Gasteiger charge is 2.06. The Balaban J connectivity index is 2.92. The average molecular weight is 275 g/mol. The predicted molar refractivity (Wildman–Crippen MR) is 56.3 cm³/mol. The minimum Gasteiger partial charge on any atom is -0.261 e. The Morgan fingerprint density at radius 1 is 1.07 bits per heavy atom. The van der Waals surface area contributed by atoms with Gasteiger partial charge >= 0.3 is 0 Å². The third-order valence-electron chi connectivity index (χ3n) is 1.31. The second kappa shape index (κ2) is 5.19. The molecule has 0 atom stereocenters. The summed E-state index contributed by atoms with van der Waals surface area (Å²) < 4.78 is 24.5. The zero-order valence-corrected chi connectivity index (χ0v) is 9.70. The Bertz CT molecular complexity index is 409. The molecule has 1 rings (SSSR count). The van der Waals surface area contributed by atoms with Crippen molar-refractivity contribution in [3.05, 3.63) is 39.4 Å². The monoisotopic (exact) mass is 273 g/mol. The Hall–Kier alpha value is -0.000000000000000167. The Morgan fingerprint density at radius 2 is 1.64 bits per heavy atom. The molecule has 0 amide bonds. The third kappa shape index (κ3) is 3.29. The highest BCUT2D eigenvalue weighted by molar-refractivity contribution is 7.67. The van der Waals surface area contributed by atoms with Gasteiger partial charge in [0.25, 0.3) is 11.0 Å². The van der Waals surface area contributed by atoms with Crippen molar-refractivity contribution in [2.45, 2.75) is 0 Å². The first-order valence-electron chi connectivity index (χ1n) is 3.29. The molecule has 0 saturated heterocycles. The maximum atomic E-state index is 10.1. The van der Waals surface area contributed by atoms with Crippen molar-refractivity contribution < 1.29 is 12.6 Å². The molecule has 0 aliphatic rings. The maximum Gasteiger partial charge on any atom is 0.257 e. The third-order valence-corrected chi connectivity index (χ3v) is 2.63. The van der Waals surface area contributed by atoms with E-state index >= 15 is 0 Å². The van der Waals surface area contributed by atoms with E-state index < -0.39 is 11.0 Å². The predicted octanol–water partition coefficient (Wildman–Crippen LogP) is 2.70. The molecule has 0 fully saturated rings. The minimum absolute atomic E-state index is 0.260. The van der Waals surface area contributed by atoms with Crippen LogP contribution in [-0.4, -0.2) is 8.42 Å². The van der Waals surface area contributed by atoms with Crippen LogP contribution in [0.15, 0.2) is 12.1 Å². The molecule has 0 aliphatic carbocycles. The minimum atomic E-state index is -2.94. The van der Waals surface area contributed by atoms with Crippen LogP contribution in [0.5, 0.6) is 0 Å². The van der Waals surface area contributed by atoms with Crippen LogP contribution in [0.25, 0.3) is 0 Å². The molecule has 1 aromatic rings. The largest absolute Gasteiger partial charge is 0.261 e. The van der Waals surface area contributed by atoms with E-state index in [2.05, 4.69) is 4.18 Å². The van der Waals surface area contributed by atoms with E-state index in [-0.39, 0.29) is 10.0 Å². The first-order valence-corrected chi connectivity index (χ1v) is 5.52. The molecule has 0 saturated carbocycles. The summed E-state index contributed by atoms with van der Waals surface area (Å²) in [5, 5.41) is 0.823. The first kappa shape index (κ1) is 12.1. The second-order valence-corrected chi connectivity index (χ2v) is 4.11. The van der Waals surface area contributed by atoms with Gasteiger partial charge in [-0.05, 0) is 12.1 Å². The highest BCUT2D eigenvalue weighted by atomic mass is 35.5. The van der Waals surface area contributed by atoms with Crippen LogP contribution in [0.3, 0.4) is 0 Å². The van der Waals surface area contributed by atoms with Gasteiger partial charge in [-0.3, -0.25) is 4.18 Å². The average Bonchev–Trinajstić information content (AvgIpc) is 2.09. The van der Waals surface area contributed by atoms with Crippen molar-refractivity contribution in [2.75, 3.05) is 0 Å². The van der Waals surface area contributed by atoms with Gasteiger partial charge in [0.1, 0.15) is 6.61 Å². The van der Waals surface area contributed by atoms with Crippen LogP contribution in [0, 0.1) is 6.61 Å². The van der Waals surface area contributed by atoms with Crippen molar-refractivity contribution in [2.24, 2.45) is 0 Å². The van der Waals surface area contributed by atoms with E-state index in [9.17, 15) is 8.42 Å². The molecular weight excluding hydrogens is 270 g/mol. The lowest BCUT2D eigenvalue weighted by Gasteiger charge is -2.03. The van der Waals surface area contributed by atoms with E-state index in [1.807, 2.05) is 0 Å². The number of halogens is 3. The molecule has 0 bridgehead atoms. The highest BCUT2D eigenvalue weighted by Crippen LogP contribution is 2.29. The van der Waals surface area contributed by atoms with Gasteiger partial charge in [-0.25, -0.2) is 8.42 Å². The molecular formula is C7H4Cl3O3S. The fraction of sp³-hybridized carbons (Fsp3) is 0. The van der Waals surface area contributed by atoms with Crippen molar-refractivity contribution >= 4 is 45.8 Å². The number of thiol groups is 1. The van der Waals surface area contributed by atoms with Crippen LogP contribution >= 0.6 is 34.8 Å². The van der Waals surface area contributed by atoms with E-state index in [4.69, 9.17) is 34.8 Å². The summed E-state index contributed by atoms with van der Waals surface area (Å²) in [6.45, 7) is 0.982. The summed E-state index contributed by atoms with van der Waals surface area (Å²) in [5.41, 5.74) is 0.347. The van der Waals surface area contributed by atoms with E-state index in [0.29, 0.717) is 10.6 Å². The van der Waals surface area contributed by atoms with Crippen LogP contribution in [0.1, 0.15) is 5.56 Å². The summed E-state index contributed by atoms with van der Waals surface area (Å²) in [5.74, 6) is 0. The molecule has 0 aliphatic heterocycles. The fourth-order valence-electron chi connectivity index (χ4n) is 0.728. The van der Waals surface area contributed by atoms with Crippen molar-refractivity contribution in [3.8, 4) is 0 Å². The Kier molecular flexibility index (Phi) is 4.47. The van der Waals surface area contributed by atoms with E-state index in [1.165, 1.54) is 12.1 Å². The van der Waals surface area contributed by atoms with Crippen LogP contribution in [0.4, 0.5) is 0 Å². The Labute approximate surface area is 97.7 Å². The second-order valence-electron chi connectivity index (χ2n) is 2.23. The summed E-state index contributed by atoms with van der Waals surface area (Å²) in [6.07, 6.45) is 0. The van der Waals surface area contributed by atoms with Crippen molar-refractivity contribution in [1.82, 2.24) is 0 Å². The zero-order valence-electron chi connectivity index (χ0n) is 6.54. The molecule has 0 N–H and O–H groups in total.